The Hall–Kier alpha value is -0.330. The van der Waals surface area contributed by atoms with E-state index in [0.717, 1.165) is 11.8 Å². The van der Waals surface area contributed by atoms with Crippen molar-refractivity contribution in [3.05, 3.63) is 0 Å². The number of carbonyl (C=O) groups is 1. The first-order chi connectivity index (χ1) is 4.40. The summed E-state index contributed by atoms with van der Waals surface area (Å²) in [5.41, 5.74) is 0. The van der Waals surface area contributed by atoms with E-state index in [-0.39, 0.29) is 0 Å². The fourth-order valence-corrected chi connectivity index (χ4v) is 2.46. The van der Waals surface area contributed by atoms with Crippen LogP contribution in [-0.4, -0.2) is 6.29 Å². The van der Waals surface area contributed by atoms with Crippen LogP contribution in [0.1, 0.15) is 25.7 Å². The van der Waals surface area contributed by atoms with Crippen molar-refractivity contribution < 1.29 is 4.79 Å². The third-order valence-corrected chi connectivity index (χ3v) is 2.97. The van der Waals surface area contributed by atoms with Gasteiger partial charge in [0.25, 0.3) is 0 Å². The van der Waals surface area contributed by atoms with Crippen molar-refractivity contribution in [3.63, 3.8) is 0 Å². The molecule has 2 saturated carbocycles. The minimum absolute atomic E-state index is 0.448. The molecule has 0 saturated heterocycles. The maximum absolute atomic E-state index is 10.4. The van der Waals surface area contributed by atoms with Crippen LogP contribution in [0.2, 0.25) is 0 Å². The van der Waals surface area contributed by atoms with Gasteiger partial charge < -0.3 is 4.79 Å². The highest BCUT2D eigenvalue weighted by Gasteiger charge is 2.38. The second-order valence-electron chi connectivity index (χ2n) is 3.47. The predicted octanol–water partition coefficient (Wildman–Crippen LogP) is 1.62. The molecule has 2 aliphatic carbocycles. The van der Waals surface area contributed by atoms with Crippen molar-refractivity contribution in [2.24, 2.45) is 17.8 Å². The van der Waals surface area contributed by atoms with Crippen LogP contribution in [0.4, 0.5) is 0 Å². The van der Waals surface area contributed by atoms with Crippen molar-refractivity contribution in [1.82, 2.24) is 0 Å². The molecule has 0 aromatic rings. The fourth-order valence-electron chi connectivity index (χ4n) is 2.46. The number of rotatable bonds is 1. The van der Waals surface area contributed by atoms with E-state index in [1.807, 2.05) is 0 Å². The third-order valence-electron chi connectivity index (χ3n) is 2.97. The second kappa shape index (κ2) is 1.83. The van der Waals surface area contributed by atoms with E-state index in [1.54, 1.807) is 0 Å². The van der Waals surface area contributed by atoms with Gasteiger partial charge in [-0.15, -0.1) is 0 Å². The predicted molar refractivity (Wildman–Crippen MR) is 35.0 cm³/mol. The highest BCUT2D eigenvalue weighted by Crippen LogP contribution is 2.47. The largest absolute Gasteiger partial charge is 0.303 e. The monoisotopic (exact) mass is 124 g/mol. The Morgan fingerprint density at radius 3 is 2.44 bits per heavy atom. The van der Waals surface area contributed by atoms with Crippen LogP contribution in [0.5, 0.6) is 0 Å². The zero-order valence-corrected chi connectivity index (χ0v) is 5.55. The van der Waals surface area contributed by atoms with Crippen molar-refractivity contribution >= 4 is 6.29 Å². The van der Waals surface area contributed by atoms with Gasteiger partial charge in [0.15, 0.2) is 0 Å². The standard InChI is InChI=1S/C8H12O/c9-5-8-4-6-1-2-7(8)3-6/h5-8H,1-4H2/t6-,7+,8-/m1/s1. The van der Waals surface area contributed by atoms with Gasteiger partial charge in [0.1, 0.15) is 6.29 Å². The Kier molecular flexibility index (Phi) is 1.11. The lowest BCUT2D eigenvalue weighted by Crippen LogP contribution is -2.10. The van der Waals surface area contributed by atoms with Crippen molar-refractivity contribution in [2.45, 2.75) is 25.7 Å². The van der Waals surface area contributed by atoms with Crippen LogP contribution in [-0.2, 0) is 4.79 Å². The first-order valence-corrected chi connectivity index (χ1v) is 3.85. The van der Waals surface area contributed by atoms with Gasteiger partial charge in [0, 0.05) is 5.92 Å². The summed E-state index contributed by atoms with van der Waals surface area (Å²) >= 11 is 0. The number of aldehydes is 1. The van der Waals surface area contributed by atoms with Gasteiger partial charge in [-0.05, 0) is 31.1 Å². The average molecular weight is 124 g/mol. The summed E-state index contributed by atoms with van der Waals surface area (Å²) in [6.45, 7) is 0. The molecule has 0 radical (unpaired) electrons. The Morgan fingerprint density at radius 1 is 1.22 bits per heavy atom. The normalized spacial score (nSPS) is 47.8. The lowest BCUT2D eigenvalue weighted by Gasteiger charge is -2.14. The van der Waals surface area contributed by atoms with Gasteiger partial charge >= 0.3 is 0 Å². The molecular formula is C8H12O. The molecule has 2 fully saturated rings. The van der Waals surface area contributed by atoms with Gasteiger partial charge in [-0.2, -0.15) is 0 Å². The number of hydrogen-bond acceptors (Lipinski definition) is 1. The molecule has 2 rings (SSSR count). The van der Waals surface area contributed by atoms with E-state index in [1.165, 1.54) is 32.0 Å². The van der Waals surface area contributed by atoms with Crippen molar-refractivity contribution in [1.29, 1.82) is 0 Å². The van der Waals surface area contributed by atoms with E-state index < -0.39 is 0 Å². The highest BCUT2D eigenvalue weighted by atomic mass is 16.1. The zero-order chi connectivity index (χ0) is 6.27. The smallest absolute Gasteiger partial charge is 0.123 e. The fraction of sp³-hybridized carbons (Fsp3) is 0.875. The maximum Gasteiger partial charge on any atom is 0.123 e. The number of hydrogen-bond donors (Lipinski definition) is 0. The molecule has 3 atom stereocenters. The summed E-state index contributed by atoms with van der Waals surface area (Å²) in [5.74, 6) is 2.15. The summed E-state index contributed by atoms with van der Waals surface area (Å²) in [7, 11) is 0. The van der Waals surface area contributed by atoms with Crippen LogP contribution >= 0.6 is 0 Å². The van der Waals surface area contributed by atoms with Gasteiger partial charge in [0.05, 0.1) is 0 Å². The molecule has 0 unspecified atom stereocenters. The van der Waals surface area contributed by atoms with Gasteiger partial charge in [-0.25, -0.2) is 0 Å². The summed E-state index contributed by atoms with van der Waals surface area (Å²) in [6.07, 6.45) is 6.45. The van der Waals surface area contributed by atoms with E-state index in [0.29, 0.717) is 5.92 Å². The molecule has 50 valence electrons. The quantitative estimate of drug-likeness (QED) is 0.485. The Morgan fingerprint density at radius 2 is 2.11 bits per heavy atom. The minimum Gasteiger partial charge on any atom is -0.303 e. The number of fused-ring (bicyclic) bond motifs is 2. The molecule has 1 heteroatoms. The summed E-state index contributed by atoms with van der Waals surface area (Å²) in [4.78, 5) is 10.4. The summed E-state index contributed by atoms with van der Waals surface area (Å²) in [6, 6.07) is 0. The van der Waals surface area contributed by atoms with Crippen LogP contribution in [0.3, 0.4) is 0 Å². The van der Waals surface area contributed by atoms with Gasteiger partial charge in [0.2, 0.25) is 0 Å². The van der Waals surface area contributed by atoms with Crippen molar-refractivity contribution in [2.75, 3.05) is 0 Å². The molecule has 0 N–H and O–H groups in total. The minimum atomic E-state index is 0.448. The molecule has 0 aromatic carbocycles. The molecule has 1 nitrogen and oxygen atoms in total. The van der Waals surface area contributed by atoms with E-state index in [4.69, 9.17) is 0 Å². The molecule has 2 bridgehead atoms. The topological polar surface area (TPSA) is 17.1 Å². The van der Waals surface area contributed by atoms with Crippen LogP contribution in [0, 0.1) is 17.8 Å². The van der Waals surface area contributed by atoms with Crippen LogP contribution in [0.15, 0.2) is 0 Å². The van der Waals surface area contributed by atoms with E-state index in [9.17, 15) is 4.79 Å². The Bertz CT molecular complexity index is 131. The van der Waals surface area contributed by atoms with Crippen molar-refractivity contribution in [3.8, 4) is 0 Å². The molecule has 9 heavy (non-hydrogen) atoms. The first-order valence-electron chi connectivity index (χ1n) is 3.85. The molecule has 0 aliphatic heterocycles. The van der Waals surface area contributed by atoms with E-state index >= 15 is 0 Å². The molecule has 0 heterocycles. The second-order valence-corrected chi connectivity index (χ2v) is 3.47. The zero-order valence-electron chi connectivity index (χ0n) is 5.55. The first kappa shape index (κ1) is 5.45. The highest BCUT2D eigenvalue weighted by molar-refractivity contribution is 5.55. The maximum atomic E-state index is 10.4. The lowest BCUT2D eigenvalue weighted by molar-refractivity contribution is -0.112. The summed E-state index contributed by atoms with van der Waals surface area (Å²) in [5, 5.41) is 0. The SMILES string of the molecule is O=C[C@H]1C[C@@H]2CC[C@H]1C2. The Labute approximate surface area is 55.4 Å². The third kappa shape index (κ3) is 0.707. The van der Waals surface area contributed by atoms with Gasteiger partial charge in [-0.3, -0.25) is 0 Å². The molecular weight excluding hydrogens is 112 g/mol. The lowest BCUT2D eigenvalue weighted by atomic mass is 9.90. The summed E-state index contributed by atoms with van der Waals surface area (Å²) < 4.78 is 0. The molecule has 2 aliphatic rings. The number of carbonyl (C=O) groups excluding carboxylic acids is 1. The molecule has 0 amide bonds. The van der Waals surface area contributed by atoms with Gasteiger partial charge in [-0.1, -0.05) is 6.42 Å². The molecule has 0 spiro atoms. The molecule has 0 aromatic heterocycles. The van der Waals surface area contributed by atoms with Crippen LogP contribution < -0.4 is 0 Å². The van der Waals surface area contributed by atoms with E-state index in [2.05, 4.69) is 0 Å². The van der Waals surface area contributed by atoms with Crippen LogP contribution in [0.25, 0.3) is 0 Å². The average Bonchev–Trinajstić information content (AvgIpc) is 2.45. The Balaban J connectivity index is 2.09.